The van der Waals surface area contributed by atoms with E-state index in [2.05, 4.69) is 10.2 Å². The van der Waals surface area contributed by atoms with Gasteiger partial charge in [0, 0.05) is 31.7 Å². The van der Waals surface area contributed by atoms with Crippen molar-refractivity contribution in [1.82, 2.24) is 10.2 Å². The Morgan fingerprint density at radius 2 is 1.90 bits per heavy atom. The summed E-state index contributed by atoms with van der Waals surface area (Å²) in [6.45, 7) is 3.44. The molecule has 3 fully saturated rings. The van der Waals surface area contributed by atoms with Crippen molar-refractivity contribution < 1.29 is 9.53 Å². The Balaban J connectivity index is 1.40. The fourth-order valence-electron chi connectivity index (χ4n) is 3.57. The molecule has 0 aromatic carbocycles. The van der Waals surface area contributed by atoms with Crippen LogP contribution in [0.15, 0.2) is 0 Å². The van der Waals surface area contributed by atoms with Crippen LogP contribution in [-0.2, 0) is 4.74 Å². The van der Waals surface area contributed by atoms with Gasteiger partial charge in [-0.05, 0) is 31.6 Å². The Bertz CT molecular complexity index is 318. The van der Waals surface area contributed by atoms with Gasteiger partial charge in [-0.2, -0.15) is 0 Å². The number of hydrogen-bond acceptors (Lipinski definition) is 2. The number of carbonyl (C=O) groups excluding carboxylic acids is 1. The van der Waals surface area contributed by atoms with E-state index in [4.69, 9.17) is 4.74 Å². The summed E-state index contributed by atoms with van der Waals surface area (Å²) in [6.07, 6.45) is 10.1. The van der Waals surface area contributed by atoms with Gasteiger partial charge in [0.05, 0.1) is 6.61 Å². The van der Waals surface area contributed by atoms with Crippen molar-refractivity contribution in [3.05, 3.63) is 0 Å². The molecule has 2 saturated carbocycles. The number of carbonyl (C=O) groups is 1. The van der Waals surface area contributed by atoms with Crippen LogP contribution in [0.4, 0.5) is 4.79 Å². The summed E-state index contributed by atoms with van der Waals surface area (Å²) in [5.41, 5.74) is 0. The van der Waals surface area contributed by atoms with Gasteiger partial charge in [0.1, 0.15) is 0 Å². The highest BCUT2D eigenvalue weighted by Crippen LogP contribution is 2.29. The monoisotopic (exact) mass is 280 g/mol. The van der Waals surface area contributed by atoms with Crippen molar-refractivity contribution in [2.45, 2.75) is 57.4 Å². The van der Waals surface area contributed by atoms with Crippen LogP contribution in [0, 0.1) is 11.8 Å². The third-order valence-electron chi connectivity index (χ3n) is 5.03. The summed E-state index contributed by atoms with van der Waals surface area (Å²) >= 11 is 0. The average Bonchev–Trinajstić information content (AvgIpc) is 2.93. The smallest absolute Gasteiger partial charge is 0.317 e. The summed E-state index contributed by atoms with van der Waals surface area (Å²) in [4.78, 5) is 14.4. The molecule has 1 saturated heterocycles. The molecule has 0 spiro atoms. The summed E-state index contributed by atoms with van der Waals surface area (Å²) in [6, 6.07) is 0.666. The van der Waals surface area contributed by atoms with Crippen LogP contribution in [0.5, 0.6) is 0 Å². The van der Waals surface area contributed by atoms with E-state index in [1.807, 2.05) is 0 Å². The van der Waals surface area contributed by atoms with Gasteiger partial charge in [-0.3, -0.25) is 0 Å². The van der Waals surface area contributed by atoms with Gasteiger partial charge in [-0.15, -0.1) is 0 Å². The lowest BCUT2D eigenvalue weighted by atomic mass is 10.0. The van der Waals surface area contributed by atoms with E-state index in [0.29, 0.717) is 12.0 Å². The molecule has 2 aliphatic carbocycles. The first-order chi connectivity index (χ1) is 9.83. The lowest BCUT2D eigenvalue weighted by Gasteiger charge is -2.25. The maximum absolute atomic E-state index is 12.4. The van der Waals surface area contributed by atoms with Crippen LogP contribution in [-0.4, -0.2) is 43.3 Å². The molecule has 3 aliphatic rings. The van der Waals surface area contributed by atoms with Crippen LogP contribution in [0.2, 0.25) is 0 Å². The number of nitrogens with zero attached hydrogens (tertiary/aromatic N) is 1. The number of hydrogen-bond donors (Lipinski definition) is 1. The Labute approximate surface area is 122 Å². The summed E-state index contributed by atoms with van der Waals surface area (Å²) in [7, 11) is 0. The van der Waals surface area contributed by atoms with Crippen LogP contribution in [0.1, 0.15) is 51.4 Å². The molecular formula is C16H28N2O2. The van der Waals surface area contributed by atoms with E-state index in [0.717, 1.165) is 45.1 Å². The molecule has 20 heavy (non-hydrogen) atoms. The Morgan fingerprint density at radius 1 is 1.10 bits per heavy atom. The molecule has 2 amide bonds. The van der Waals surface area contributed by atoms with E-state index < -0.39 is 0 Å². The molecular weight excluding hydrogens is 252 g/mol. The van der Waals surface area contributed by atoms with Gasteiger partial charge in [-0.1, -0.05) is 25.7 Å². The number of rotatable bonds is 6. The van der Waals surface area contributed by atoms with Gasteiger partial charge in [-0.25, -0.2) is 4.79 Å². The van der Waals surface area contributed by atoms with Crippen LogP contribution < -0.4 is 5.32 Å². The molecule has 0 bridgehead atoms. The molecule has 1 N–H and O–H groups in total. The maximum atomic E-state index is 12.4. The van der Waals surface area contributed by atoms with E-state index in [1.165, 1.54) is 38.5 Å². The highest BCUT2D eigenvalue weighted by atomic mass is 16.5. The minimum absolute atomic E-state index is 0.164. The molecule has 0 aromatic heterocycles. The van der Waals surface area contributed by atoms with E-state index >= 15 is 0 Å². The van der Waals surface area contributed by atoms with Crippen molar-refractivity contribution in [2.75, 3.05) is 26.3 Å². The molecule has 3 rings (SSSR count). The minimum Gasteiger partial charge on any atom is -0.381 e. The summed E-state index contributed by atoms with van der Waals surface area (Å²) in [5, 5.41) is 3.15. The number of ether oxygens (including phenoxy) is 1. The number of amides is 2. The maximum Gasteiger partial charge on any atom is 0.317 e. The fourth-order valence-corrected chi connectivity index (χ4v) is 3.57. The Hall–Kier alpha value is -0.770. The molecule has 1 heterocycles. The molecule has 4 heteroatoms. The molecule has 0 aromatic rings. The predicted octanol–water partition coefficient (Wildman–Crippen LogP) is 2.78. The lowest BCUT2D eigenvalue weighted by molar-refractivity contribution is 0.162. The zero-order valence-corrected chi connectivity index (χ0v) is 12.5. The van der Waals surface area contributed by atoms with Gasteiger partial charge in [0.25, 0.3) is 0 Å². The highest BCUT2D eigenvalue weighted by molar-refractivity contribution is 5.74. The zero-order valence-electron chi connectivity index (χ0n) is 12.5. The predicted molar refractivity (Wildman–Crippen MR) is 78.6 cm³/mol. The summed E-state index contributed by atoms with van der Waals surface area (Å²) < 4.78 is 5.43. The zero-order chi connectivity index (χ0) is 13.8. The Kier molecular flexibility index (Phi) is 4.81. The topological polar surface area (TPSA) is 41.6 Å². The molecule has 114 valence electrons. The quantitative estimate of drug-likeness (QED) is 0.813. The van der Waals surface area contributed by atoms with Crippen molar-refractivity contribution in [1.29, 1.82) is 0 Å². The minimum atomic E-state index is 0.164. The third-order valence-corrected chi connectivity index (χ3v) is 5.03. The van der Waals surface area contributed by atoms with Crippen LogP contribution >= 0.6 is 0 Å². The van der Waals surface area contributed by atoms with Crippen LogP contribution in [0.25, 0.3) is 0 Å². The SMILES string of the molecule is O=C(NCCC1CCCC1)N(CC1CCOC1)C1CC1. The molecule has 0 radical (unpaired) electrons. The fraction of sp³-hybridized carbons (Fsp3) is 0.938. The van der Waals surface area contributed by atoms with Crippen molar-refractivity contribution in [3.8, 4) is 0 Å². The number of nitrogens with one attached hydrogen (secondary N) is 1. The largest absolute Gasteiger partial charge is 0.381 e. The Morgan fingerprint density at radius 3 is 2.55 bits per heavy atom. The molecule has 4 nitrogen and oxygen atoms in total. The second-order valence-corrected chi connectivity index (χ2v) is 6.78. The first kappa shape index (κ1) is 14.2. The number of urea groups is 1. The van der Waals surface area contributed by atoms with Crippen molar-refractivity contribution >= 4 is 6.03 Å². The standard InChI is InChI=1S/C16H28N2O2/c19-16(17-9-7-13-3-1-2-4-13)18(15-5-6-15)11-14-8-10-20-12-14/h13-15H,1-12H2,(H,17,19). The lowest BCUT2D eigenvalue weighted by Crippen LogP contribution is -2.44. The molecule has 1 atom stereocenters. The van der Waals surface area contributed by atoms with E-state index in [9.17, 15) is 4.79 Å². The average molecular weight is 280 g/mol. The normalized spacial score (nSPS) is 26.9. The first-order valence-corrected chi connectivity index (χ1v) is 8.45. The second kappa shape index (κ2) is 6.79. The van der Waals surface area contributed by atoms with Gasteiger partial charge in [0.2, 0.25) is 0 Å². The molecule has 1 aliphatic heterocycles. The second-order valence-electron chi connectivity index (χ2n) is 6.78. The van der Waals surface area contributed by atoms with Gasteiger partial charge in [0.15, 0.2) is 0 Å². The van der Waals surface area contributed by atoms with Crippen molar-refractivity contribution in [3.63, 3.8) is 0 Å². The first-order valence-electron chi connectivity index (χ1n) is 8.45. The van der Waals surface area contributed by atoms with Crippen LogP contribution in [0.3, 0.4) is 0 Å². The molecule has 1 unspecified atom stereocenters. The summed E-state index contributed by atoms with van der Waals surface area (Å²) in [5.74, 6) is 1.41. The van der Waals surface area contributed by atoms with Crippen molar-refractivity contribution in [2.24, 2.45) is 11.8 Å². The van der Waals surface area contributed by atoms with Gasteiger partial charge >= 0.3 is 6.03 Å². The van der Waals surface area contributed by atoms with E-state index in [-0.39, 0.29) is 6.03 Å². The third kappa shape index (κ3) is 3.87. The van der Waals surface area contributed by atoms with Gasteiger partial charge < -0.3 is 15.0 Å². The van der Waals surface area contributed by atoms with E-state index in [1.54, 1.807) is 0 Å². The highest BCUT2D eigenvalue weighted by Gasteiger charge is 2.34.